The topological polar surface area (TPSA) is 20.3 Å². The second-order valence-corrected chi connectivity index (χ2v) is 3.50. The Hall–Kier alpha value is -0.530. The van der Waals surface area contributed by atoms with Crippen LogP contribution in [0.5, 0.6) is 0 Å². The molecular weight excluding hydrogens is 138 g/mol. The summed E-state index contributed by atoms with van der Waals surface area (Å²) in [6.45, 7) is 6.33. The van der Waals surface area contributed by atoms with Gasteiger partial charge in [0.1, 0.15) is 0 Å². The summed E-state index contributed by atoms with van der Waals surface area (Å²) < 4.78 is 0. The molecule has 0 spiro atoms. The van der Waals surface area contributed by atoms with Crippen molar-refractivity contribution in [3.05, 3.63) is 0 Å². The molecule has 0 saturated carbocycles. The maximum atomic E-state index is 11.3. The van der Waals surface area contributed by atoms with Gasteiger partial charge in [-0.15, -0.1) is 0 Å². The molecule has 1 saturated heterocycles. The van der Waals surface area contributed by atoms with Gasteiger partial charge in [-0.25, -0.2) is 0 Å². The molecule has 1 amide bonds. The van der Waals surface area contributed by atoms with Crippen molar-refractivity contribution in [3.8, 4) is 0 Å². The summed E-state index contributed by atoms with van der Waals surface area (Å²) in [5.74, 6) is 0.340. The molecule has 0 bridgehead atoms. The van der Waals surface area contributed by atoms with Crippen molar-refractivity contribution in [3.63, 3.8) is 0 Å². The number of hydrogen-bond donors (Lipinski definition) is 0. The summed E-state index contributed by atoms with van der Waals surface area (Å²) in [4.78, 5) is 13.3. The molecule has 0 aromatic heterocycles. The number of likely N-dealkylation sites (tertiary alicyclic amines) is 1. The fourth-order valence-corrected chi connectivity index (χ4v) is 1.87. The fraction of sp³-hybridized carbons (Fsp3) is 0.889. The SMILES string of the molecule is CCC1CCC(=O)N1C(C)C. The summed E-state index contributed by atoms with van der Waals surface area (Å²) in [7, 11) is 0. The summed E-state index contributed by atoms with van der Waals surface area (Å²) in [5, 5.41) is 0. The van der Waals surface area contributed by atoms with Crippen molar-refractivity contribution in [1.29, 1.82) is 0 Å². The Balaban J connectivity index is 2.63. The van der Waals surface area contributed by atoms with E-state index >= 15 is 0 Å². The van der Waals surface area contributed by atoms with Crippen molar-refractivity contribution in [1.82, 2.24) is 4.90 Å². The first-order valence-electron chi connectivity index (χ1n) is 4.48. The van der Waals surface area contributed by atoms with E-state index in [9.17, 15) is 4.79 Å². The van der Waals surface area contributed by atoms with Crippen LogP contribution in [0.2, 0.25) is 0 Å². The lowest BCUT2D eigenvalue weighted by Crippen LogP contribution is -2.38. The van der Waals surface area contributed by atoms with E-state index in [2.05, 4.69) is 20.8 Å². The summed E-state index contributed by atoms with van der Waals surface area (Å²) in [5.41, 5.74) is 0. The number of rotatable bonds is 2. The van der Waals surface area contributed by atoms with Gasteiger partial charge < -0.3 is 4.90 Å². The molecule has 2 nitrogen and oxygen atoms in total. The Kier molecular flexibility index (Phi) is 2.53. The third kappa shape index (κ3) is 1.55. The highest BCUT2D eigenvalue weighted by molar-refractivity contribution is 5.79. The Bertz CT molecular complexity index is 154. The van der Waals surface area contributed by atoms with Gasteiger partial charge >= 0.3 is 0 Å². The van der Waals surface area contributed by atoms with Crippen LogP contribution in [-0.4, -0.2) is 22.9 Å². The van der Waals surface area contributed by atoms with Crippen LogP contribution in [0.25, 0.3) is 0 Å². The van der Waals surface area contributed by atoms with Gasteiger partial charge in [-0.3, -0.25) is 4.79 Å². The van der Waals surface area contributed by atoms with Gasteiger partial charge in [0.2, 0.25) is 5.91 Å². The van der Waals surface area contributed by atoms with Crippen LogP contribution >= 0.6 is 0 Å². The van der Waals surface area contributed by atoms with Crippen LogP contribution in [0.4, 0.5) is 0 Å². The number of amides is 1. The minimum atomic E-state index is 0.340. The maximum absolute atomic E-state index is 11.3. The van der Waals surface area contributed by atoms with E-state index in [4.69, 9.17) is 0 Å². The van der Waals surface area contributed by atoms with Gasteiger partial charge in [0.05, 0.1) is 0 Å². The second kappa shape index (κ2) is 3.24. The van der Waals surface area contributed by atoms with Gasteiger partial charge in [0.25, 0.3) is 0 Å². The van der Waals surface area contributed by atoms with Crippen LogP contribution in [-0.2, 0) is 4.79 Å². The van der Waals surface area contributed by atoms with E-state index in [-0.39, 0.29) is 0 Å². The highest BCUT2D eigenvalue weighted by Gasteiger charge is 2.30. The minimum Gasteiger partial charge on any atom is -0.337 e. The number of hydrogen-bond acceptors (Lipinski definition) is 1. The lowest BCUT2D eigenvalue weighted by atomic mass is 10.1. The van der Waals surface area contributed by atoms with Crippen molar-refractivity contribution < 1.29 is 4.79 Å². The zero-order valence-electron chi connectivity index (χ0n) is 7.63. The smallest absolute Gasteiger partial charge is 0.223 e. The van der Waals surface area contributed by atoms with Gasteiger partial charge in [0, 0.05) is 18.5 Å². The van der Waals surface area contributed by atoms with Crippen LogP contribution < -0.4 is 0 Å². The van der Waals surface area contributed by atoms with Crippen LogP contribution in [0, 0.1) is 0 Å². The molecular formula is C9H17NO. The molecule has 1 unspecified atom stereocenters. The molecule has 1 heterocycles. The Morgan fingerprint density at radius 2 is 2.27 bits per heavy atom. The number of nitrogens with zero attached hydrogens (tertiary/aromatic N) is 1. The number of carbonyl (C=O) groups excluding carboxylic acids is 1. The van der Waals surface area contributed by atoms with E-state index < -0.39 is 0 Å². The van der Waals surface area contributed by atoms with Crippen molar-refractivity contribution >= 4 is 5.91 Å². The van der Waals surface area contributed by atoms with Gasteiger partial charge in [-0.2, -0.15) is 0 Å². The highest BCUT2D eigenvalue weighted by Crippen LogP contribution is 2.23. The largest absolute Gasteiger partial charge is 0.337 e. The van der Waals surface area contributed by atoms with Crippen LogP contribution in [0.1, 0.15) is 40.0 Å². The van der Waals surface area contributed by atoms with Crippen molar-refractivity contribution in [2.24, 2.45) is 0 Å². The summed E-state index contributed by atoms with van der Waals surface area (Å²) in [6.07, 6.45) is 2.92. The average molecular weight is 155 g/mol. The van der Waals surface area contributed by atoms with E-state index in [1.54, 1.807) is 0 Å². The minimum absolute atomic E-state index is 0.340. The Morgan fingerprint density at radius 1 is 1.64 bits per heavy atom. The fourth-order valence-electron chi connectivity index (χ4n) is 1.87. The first-order chi connectivity index (χ1) is 5.16. The molecule has 1 fully saturated rings. The van der Waals surface area contributed by atoms with Crippen LogP contribution in [0.15, 0.2) is 0 Å². The standard InChI is InChI=1S/C9H17NO/c1-4-8-5-6-9(11)10(8)7(2)3/h7-8H,4-6H2,1-3H3. The molecule has 2 heteroatoms. The molecule has 64 valence electrons. The van der Waals surface area contributed by atoms with E-state index in [0.29, 0.717) is 18.0 Å². The van der Waals surface area contributed by atoms with Crippen LogP contribution in [0.3, 0.4) is 0 Å². The Morgan fingerprint density at radius 3 is 2.64 bits per heavy atom. The van der Waals surface area contributed by atoms with E-state index in [0.717, 1.165) is 19.3 Å². The van der Waals surface area contributed by atoms with Crippen molar-refractivity contribution in [2.45, 2.75) is 52.1 Å². The molecule has 1 aliphatic rings. The second-order valence-electron chi connectivity index (χ2n) is 3.50. The number of carbonyl (C=O) groups is 1. The molecule has 0 aliphatic carbocycles. The molecule has 1 atom stereocenters. The molecule has 1 aliphatic heterocycles. The lowest BCUT2D eigenvalue weighted by molar-refractivity contribution is -0.130. The first kappa shape index (κ1) is 8.57. The third-order valence-electron chi connectivity index (χ3n) is 2.40. The highest BCUT2D eigenvalue weighted by atomic mass is 16.2. The molecule has 0 radical (unpaired) electrons. The average Bonchev–Trinajstić information content (AvgIpc) is 2.30. The van der Waals surface area contributed by atoms with Gasteiger partial charge in [-0.05, 0) is 26.7 Å². The predicted molar refractivity (Wildman–Crippen MR) is 45.3 cm³/mol. The van der Waals surface area contributed by atoms with Crippen molar-refractivity contribution in [2.75, 3.05) is 0 Å². The third-order valence-corrected chi connectivity index (χ3v) is 2.40. The summed E-state index contributed by atoms with van der Waals surface area (Å²) >= 11 is 0. The maximum Gasteiger partial charge on any atom is 0.223 e. The quantitative estimate of drug-likeness (QED) is 0.595. The normalized spacial score (nSPS) is 25.3. The lowest BCUT2D eigenvalue weighted by Gasteiger charge is -2.27. The molecule has 0 aromatic carbocycles. The van der Waals surface area contributed by atoms with Gasteiger partial charge in [0.15, 0.2) is 0 Å². The van der Waals surface area contributed by atoms with E-state index in [1.807, 2.05) is 4.90 Å². The molecule has 0 N–H and O–H groups in total. The first-order valence-corrected chi connectivity index (χ1v) is 4.48. The monoisotopic (exact) mass is 155 g/mol. The zero-order valence-corrected chi connectivity index (χ0v) is 7.63. The zero-order chi connectivity index (χ0) is 8.43. The van der Waals surface area contributed by atoms with E-state index in [1.165, 1.54) is 0 Å². The van der Waals surface area contributed by atoms with Gasteiger partial charge in [-0.1, -0.05) is 6.92 Å². The molecule has 1 rings (SSSR count). The predicted octanol–water partition coefficient (Wildman–Crippen LogP) is 1.80. The molecule has 11 heavy (non-hydrogen) atoms. The molecule has 0 aromatic rings. The summed E-state index contributed by atoms with van der Waals surface area (Å²) in [6, 6.07) is 0.900. The Labute approximate surface area is 68.6 Å².